The van der Waals surface area contributed by atoms with Crippen molar-refractivity contribution in [2.24, 2.45) is 0 Å². The van der Waals surface area contributed by atoms with Gasteiger partial charge in [0.2, 0.25) is 0 Å². The average molecular weight is 251 g/mol. The first-order valence-electron chi connectivity index (χ1n) is 5.60. The van der Waals surface area contributed by atoms with Gasteiger partial charge in [-0.05, 0) is 38.0 Å². The fraction of sp³-hybridized carbons (Fsp3) is 0.417. The normalized spacial score (nSPS) is 10.8. The lowest BCUT2D eigenvalue weighted by Crippen LogP contribution is -2.05. The first-order chi connectivity index (χ1) is 8.13. The number of hydrogen-bond donors (Lipinski definition) is 0. The molecule has 4 nitrogen and oxygen atoms in total. The van der Waals surface area contributed by atoms with Crippen LogP contribution in [0.25, 0.3) is 5.82 Å². The quantitative estimate of drug-likeness (QED) is 0.787. The third-order valence-electron chi connectivity index (χ3n) is 2.53. The van der Waals surface area contributed by atoms with Gasteiger partial charge in [0, 0.05) is 11.6 Å². The zero-order chi connectivity index (χ0) is 12.4. The molecule has 0 aliphatic heterocycles. The van der Waals surface area contributed by atoms with Crippen molar-refractivity contribution in [2.75, 3.05) is 0 Å². The topological polar surface area (TPSA) is 43.6 Å². The highest BCUT2D eigenvalue weighted by atomic mass is 35.5. The summed E-state index contributed by atoms with van der Waals surface area (Å²) >= 11 is 5.89. The standard InChI is InChI=1S/C12H15ClN4/c1-4-11-5-10(7-13)6-12(15-11)17-9(3)14-8(2)16-17/h5-6H,4,7H2,1-3H3. The van der Waals surface area contributed by atoms with E-state index in [0.29, 0.717) is 5.88 Å². The molecule has 17 heavy (non-hydrogen) atoms. The molecule has 0 aliphatic carbocycles. The van der Waals surface area contributed by atoms with Crippen molar-refractivity contribution >= 4 is 11.6 Å². The first-order valence-corrected chi connectivity index (χ1v) is 6.14. The van der Waals surface area contributed by atoms with E-state index in [-0.39, 0.29) is 0 Å². The van der Waals surface area contributed by atoms with Crippen molar-refractivity contribution in [3.05, 3.63) is 35.0 Å². The van der Waals surface area contributed by atoms with Crippen LogP contribution in [0.4, 0.5) is 0 Å². The molecule has 0 amide bonds. The van der Waals surface area contributed by atoms with Crippen LogP contribution < -0.4 is 0 Å². The molecule has 0 aromatic carbocycles. The van der Waals surface area contributed by atoms with Gasteiger partial charge in [-0.25, -0.2) is 9.97 Å². The summed E-state index contributed by atoms with van der Waals surface area (Å²) in [5.74, 6) is 2.86. The second-order valence-electron chi connectivity index (χ2n) is 3.93. The SMILES string of the molecule is CCc1cc(CCl)cc(-n2nc(C)nc2C)n1. The predicted octanol–water partition coefficient (Wildman–Crippen LogP) is 2.58. The Morgan fingerprint density at radius 1 is 1.24 bits per heavy atom. The summed E-state index contributed by atoms with van der Waals surface area (Å²) in [5, 5.41) is 4.33. The summed E-state index contributed by atoms with van der Waals surface area (Å²) in [6, 6.07) is 3.98. The van der Waals surface area contributed by atoms with E-state index in [1.165, 1.54) is 0 Å². The molecule has 5 heteroatoms. The Morgan fingerprint density at radius 2 is 2.00 bits per heavy atom. The molecular formula is C12H15ClN4. The van der Waals surface area contributed by atoms with Crippen molar-refractivity contribution in [2.45, 2.75) is 33.1 Å². The molecule has 0 unspecified atom stereocenters. The van der Waals surface area contributed by atoms with E-state index in [1.807, 2.05) is 26.0 Å². The highest BCUT2D eigenvalue weighted by Gasteiger charge is 2.08. The summed E-state index contributed by atoms with van der Waals surface area (Å²) in [4.78, 5) is 8.82. The molecule has 0 aliphatic rings. The van der Waals surface area contributed by atoms with Crippen LogP contribution in [-0.4, -0.2) is 19.7 Å². The number of hydrogen-bond acceptors (Lipinski definition) is 3. The second kappa shape index (κ2) is 4.84. The van der Waals surface area contributed by atoms with Crippen molar-refractivity contribution < 1.29 is 0 Å². The molecule has 0 fully saturated rings. The van der Waals surface area contributed by atoms with Gasteiger partial charge in [0.1, 0.15) is 11.6 Å². The van der Waals surface area contributed by atoms with E-state index in [0.717, 1.165) is 35.1 Å². The van der Waals surface area contributed by atoms with Gasteiger partial charge in [-0.1, -0.05) is 6.92 Å². The maximum Gasteiger partial charge on any atom is 0.156 e. The van der Waals surface area contributed by atoms with Gasteiger partial charge in [-0.3, -0.25) is 0 Å². The van der Waals surface area contributed by atoms with Crippen molar-refractivity contribution in [3.63, 3.8) is 0 Å². The molecule has 0 saturated carbocycles. The van der Waals surface area contributed by atoms with Crippen molar-refractivity contribution in [1.29, 1.82) is 0 Å². The third kappa shape index (κ3) is 2.47. The predicted molar refractivity (Wildman–Crippen MR) is 67.6 cm³/mol. The molecule has 0 atom stereocenters. The molecule has 0 saturated heterocycles. The molecule has 0 radical (unpaired) electrons. The summed E-state index contributed by atoms with van der Waals surface area (Å²) in [6.45, 7) is 5.86. The second-order valence-corrected chi connectivity index (χ2v) is 4.20. The summed E-state index contributed by atoms with van der Waals surface area (Å²) in [7, 11) is 0. The zero-order valence-corrected chi connectivity index (χ0v) is 11.0. The maximum absolute atomic E-state index is 5.89. The minimum atomic E-state index is 0.481. The van der Waals surface area contributed by atoms with Gasteiger partial charge in [-0.15, -0.1) is 16.7 Å². The molecule has 0 spiro atoms. The molecule has 2 aromatic rings. The number of aryl methyl sites for hydroxylation is 3. The lowest BCUT2D eigenvalue weighted by Gasteiger charge is -2.06. The lowest BCUT2D eigenvalue weighted by atomic mass is 10.2. The number of rotatable bonds is 3. The Balaban J connectivity index is 2.54. The number of halogens is 1. The fourth-order valence-electron chi connectivity index (χ4n) is 1.74. The smallest absolute Gasteiger partial charge is 0.156 e. The average Bonchev–Trinajstić information content (AvgIpc) is 2.67. The van der Waals surface area contributed by atoms with E-state index in [9.17, 15) is 0 Å². The highest BCUT2D eigenvalue weighted by molar-refractivity contribution is 6.17. The van der Waals surface area contributed by atoms with Gasteiger partial charge in [0.25, 0.3) is 0 Å². The molecule has 2 heterocycles. The summed E-state index contributed by atoms with van der Waals surface area (Å²) in [6.07, 6.45) is 0.879. The Kier molecular flexibility index (Phi) is 3.43. The van der Waals surface area contributed by atoms with Crippen LogP contribution in [0.5, 0.6) is 0 Å². The van der Waals surface area contributed by atoms with Crippen LogP contribution in [0.15, 0.2) is 12.1 Å². The van der Waals surface area contributed by atoms with Crippen LogP contribution in [-0.2, 0) is 12.3 Å². The lowest BCUT2D eigenvalue weighted by molar-refractivity contribution is 0.791. The molecule has 2 rings (SSSR count). The Hall–Kier alpha value is -1.42. The van der Waals surface area contributed by atoms with Gasteiger partial charge < -0.3 is 0 Å². The van der Waals surface area contributed by atoms with Gasteiger partial charge in [0.05, 0.1) is 0 Å². The number of alkyl halides is 1. The van der Waals surface area contributed by atoms with Gasteiger partial charge in [0.15, 0.2) is 5.82 Å². The molecule has 0 N–H and O–H groups in total. The van der Waals surface area contributed by atoms with E-state index in [4.69, 9.17) is 11.6 Å². The first kappa shape index (κ1) is 12.0. The maximum atomic E-state index is 5.89. The summed E-state index contributed by atoms with van der Waals surface area (Å²) in [5.41, 5.74) is 2.08. The monoisotopic (exact) mass is 250 g/mol. The Morgan fingerprint density at radius 3 is 2.53 bits per heavy atom. The molecule has 90 valence electrons. The Bertz CT molecular complexity index is 511. The van der Waals surface area contributed by atoms with E-state index in [2.05, 4.69) is 22.0 Å². The molecule has 2 aromatic heterocycles. The third-order valence-corrected chi connectivity index (χ3v) is 2.84. The minimum absolute atomic E-state index is 0.481. The molecule has 0 bridgehead atoms. The highest BCUT2D eigenvalue weighted by Crippen LogP contribution is 2.13. The van der Waals surface area contributed by atoms with E-state index in [1.54, 1.807) is 4.68 Å². The van der Waals surface area contributed by atoms with Gasteiger partial charge >= 0.3 is 0 Å². The van der Waals surface area contributed by atoms with Crippen molar-refractivity contribution in [1.82, 2.24) is 19.7 Å². The van der Waals surface area contributed by atoms with Crippen LogP contribution in [0.3, 0.4) is 0 Å². The van der Waals surface area contributed by atoms with Crippen LogP contribution >= 0.6 is 11.6 Å². The Labute approximate surface area is 106 Å². The fourth-order valence-corrected chi connectivity index (χ4v) is 1.89. The summed E-state index contributed by atoms with van der Waals surface area (Å²) < 4.78 is 1.75. The number of pyridine rings is 1. The van der Waals surface area contributed by atoms with Crippen LogP contribution in [0.1, 0.15) is 29.8 Å². The number of nitrogens with zero attached hydrogens (tertiary/aromatic N) is 4. The van der Waals surface area contributed by atoms with Crippen LogP contribution in [0, 0.1) is 13.8 Å². The van der Waals surface area contributed by atoms with E-state index >= 15 is 0 Å². The van der Waals surface area contributed by atoms with Crippen LogP contribution in [0.2, 0.25) is 0 Å². The molecular weight excluding hydrogens is 236 g/mol. The van der Waals surface area contributed by atoms with E-state index < -0.39 is 0 Å². The largest absolute Gasteiger partial charge is 0.234 e. The number of aromatic nitrogens is 4. The minimum Gasteiger partial charge on any atom is -0.234 e. The van der Waals surface area contributed by atoms with Gasteiger partial charge in [-0.2, -0.15) is 4.68 Å². The van der Waals surface area contributed by atoms with Crippen molar-refractivity contribution in [3.8, 4) is 5.82 Å². The zero-order valence-electron chi connectivity index (χ0n) is 10.2.